The van der Waals surface area contributed by atoms with Crippen LogP contribution in [0.3, 0.4) is 0 Å². The highest BCUT2D eigenvalue weighted by Gasteiger charge is 2.12. The molecule has 5 heteroatoms. The molecule has 0 fully saturated rings. The molecule has 0 aliphatic carbocycles. The Labute approximate surface area is 76.4 Å². The average molecular weight is 183 g/mol. The van der Waals surface area contributed by atoms with Crippen molar-refractivity contribution >= 4 is 5.97 Å². The van der Waals surface area contributed by atoms with Gasteiger partial charge >= 0.3 is 5.97 Å². The summed E-state index contributed by atoms with van der Waals surface area (Å²) in [6, 6.07) is 0. The quantitative estimate of drug-likeness (QED) is 0.743. The molecule has 0 atom stereocenters. The fraction of sp³-hybridized carbons (Fsp3) is 0.625. The molecule has 1 rings (SSSR count). The molecule has 5 nitrogen and oxygen atoms in total. The van der Waals surface area contributed by atoms with Crippen molar-refractivity contribution in [1.29, 1.82) is 0 Å². The molecule has 0 saturated heterocycles. The number of aliphatic carboxylic acids is 1. The molecule has 0 bridgehead atoms. The third-order valence-electron chi connectivity index (χ3n) is 1.67. The zero-order valence-corrected chi connectivity index (χ0v) is 7.98. The predicted octanol–water partition coefficient (Wildman–Crippen LogP) is 0.566. The lowest BCUT2D eigenvalue weighted by atomic mass is 10.2. The van der Waals surface area contributed by atoms with Gasteiger partial charge in [-0.25, -0.2) is 4.98 Å². The van der Waals surface area contributed by atoms with Gasteiger partial charge < -0.3 is 5.11 Å². The van der Waals surface area contributed by atoms with Gasteiger partial charge in [0.1, 0.15) is 12.2 Å². The van der Waals surface area contributed by atoms with E-state index >= 15 is 0 Å². The van der Waals surface area contributed by atoms with E-state index in [1.54, 1.807) is 11.7 Å². The lowest BCUT2D eigenvalue weighted by Crippen LogP contribution is -2.02. The van der Waals surface area contributed by atoms with Gasteiger partial charge in [0.15, 0.2) is 5.82 Å². The lowest BCUT2D eigenvalue weighted by molar-refractivity contribution is -0.136. The summed E-state index contributed by atoms with van der Waals surface area (Å²) in [5.74, 6) is 0.552. The van der Waals surface area contributed by atoms with Crippen molar-refractivity contribution in [2.24, 2.45) is 7.05 Å². The van der Waals surface area contributed by atoms with Crippen LogP contribution in [-0.2, 0) is 18.3 Å². The second-order valence-electron chi connectivity index (χ2n) is 3.24. The number of hydrogen-bond acceptors (Lipinski definition) is 3. The molecule has 0 radical (unpaired) electrons. The van der Waals surface area contributed by atoms with E-state index in [-0.39, 0.29) is 12.3 Å². The van der Waals surface area contributed by atoms with Crippen LogP contribution >= 0.6 is 0 Å². The highest BCUT2D eigenvalue weighted by molar-refractivity contribution is 5.68. The highest BCUT2D eigenvalue weighted by atomic mass is 16.4. The first kappa shape index (κ1) is 9.70. The van der Waals surface area contributed by atoms with Crippen LogP contribution in [0, 0.1) is 0 Å². The largest absolute Gasteiger partial charge is 0.481 e. The van der Waals surface area contributed by atoms with Gasteiger partial charge in [-0.2, -0.15) is 5.10 Å². The number of carboxylic acids is 1. The second kappa shape index (κ2) is 3.55. The van der Waals surface area contributed by atoms with E-state index in [0.29, 0.717) is 5.82 Å². The van der Waals surface area contributed by atoms with Gasteiger partial charge in [-0.3, -0.25) is 9.48 Å². The molecule has 1 aromatic rings. The summed E-state index contributed by atoms with van der Waals surface area (Å²) in [7, 11) is 1.77. The summed E-state index contributed by atoms with van der Waals surface area (Å²) in [6.45, 7) is 3.99. The van der Waals surface area contributed by atoms with Crippen molar-refractivity contribution in [3.05, 3.63) is 11.6 Å². The maximum absolute atomic E-state index is 10.4. The number of rotatable bonds is 3. The van der Waals surface area contributed by atoms with Gasteiger partial charge in [0.05, 0.1) is 0 Å². The normalized spacial score (nSPS) is 10.8. The van der Waals surface area contributed by atoms with Gasteiger partial charge in [0.2, 0.25) is 0 Å². The molecule has 0 spiro atoms. The first-order chi connectivity index (χ1) is 6.00. The Morgan fingerprint density at radius 3 is 2.62 bits per heavy atom. The molecule has 0 aromatic carbocycles. The first-order valence-electron chi connectivity index (χ1n) is 4.12. The fourth-order valence-corrected chi connectivity index (χ4v) is 1.16. The Morgan fingerprint density at radius 2 is 2.23 bits per heavy atom. The smallest absolute Gasteiger partial charge is 0.311 e. The van der Waals surface area contributed by atoms with Crippen LogP contribution in [0.15, 0.2) is 0 Å². The van der Waals surface area contributed by atoms with Crippen molar-refractivity contribution in [3.8, 4) is 0 Å². The van der Waals surface area contributed by atoms with Crippen molar-refractivity contribution in [2.75, 3.05) is 0 Å². The molecule has 0 amide bonds. The third kappa shape index (κ3) is 2.27. The van der Waals surface area contributed by atoms with Gasteiger partial charge in [-0.15, -0.1) is 0 Å². The van der Waals surface area contributed by atoms with Crippen LogP contribution in [-0.4, -0.2) is 25.8 Å². The van der Waals surface area contributed by atoms with E-state index in [1.807, 2.05) is 13.8 Å². The number of aromatic nitrogens is 3. The monoisotopic (exact) mass is 183 g/mol. The minimum Gasteiger partial charge on any atom is -0.481 e. The topological polar surface area (TPSA) is 68.0 Å². The molecule has 72 valence electrons. The average Bonchev–Trinajstić information content (AvgIpc) is 2.29. The number of nitrogens with zero attached hydrogens (tertiary/aromatic N) is 3. The minimum absolute atomic E-state index is 0.111. The van der Waals surface area contributed by atoms with Crippen molar-refractivity contribution in [2.45, 2.75) is 26.2 Å². The lowest BCUT2D eigenvalue weighted by Gasteiger charge is -2.00. The van der Waals surface area contributed by atoms with E-state index in [4.69, 9.17) is 5.11 Å². The third-order valence-corrected chi connectivity index (χ3v) is 1.67. The summed E-state index contributed by atoms with van der Waals surface area (Å²) >= 11 is 0. The summed E-state index contributed by atoms with van der Waals surface area (Å²) in [5, 5.41) is 12.5. The molecule has 1 aromatic heterocycles. The van der Waals surface area contributed by atoms with Gasteiger partial charge in [0, 0.05) is 13.0 Å². The second-order valence-corrected chi connectivity index (χ2v) is 3.24. The molecule has 0 aliphatic rings. The molecule has 1 heterocycles. The predicted molar refractivity (Wildman–Crippen MR) is 46.4 cm³/mol. The number of carboxylic acid groups (broad SMARTS) is 1. The zero-order valence-electron chi connectivity index (χ0n) is 7.98. The molecule has 0 unspecified atom stereocenters. The van der Waals surface area contributed by atoms with E-state index < -0.39 is 5.97 Å². The number of carbonyl (C=O) groups is 1. The van der Waals surface area contributed by atoms with Crippen LogP contribution in [0.5, 0.6) is 0 Å². The Kier molecular flexibility index (Phi) is 2.65. The van der Waals surface area contributed by atoms with Crippen molar-refractivity contribution in [3.63, 3.8) is 0 Å². The van der Waals surface area contributed by atoms with Crippen LogP contribution < -0.4 is 0 Å². The van der Waals surface area contributed by atoms with Crippen LogP contribution in [0.1, 0.15) is 31.4 Å². The first-order valence-corrected chi connectivity index (χ1v) is 4.12. The molecular formula is C8H13N3O2. The van der Waals surface area contributed by atoms with E-state index in [1.165, 1.54) is 0 Å². The Balaban J connectivity index is 2.88. The standard InChI is InChI=1S/C8H13N3O2/c1-5(2)8-9-6(4-7(12)13)10-11(8)3/h5H,4H2,1-3H3,(H,12,13). The summed E-state index contributed by atoms with van der Waals surface area (Å²) in [6.07, 6.45) is -0.111. The van der Waals surface area contributed by atoms with Crippen molar-refractivity contribution < 1.29 is 9.90 Å². The van der Waals surface area contributed by atoms with Crippen molar-refractivity contribution in [1.82, 2.24) is 14.8 Å². The maximum Gasteiger partial charge on any atom is 0.311 e. The SMILES string of the molecule is CC(C)c1nc(CC(=O)O)nn1C. The van der Waals surface area contributed by atoms with Gasteiger partial charge in [-0.1, -0.05) is 13.8 Å². The molecule has 0 saturated carbocycles. The van der Waals surface area contributed by atoms with E-state index in [9.17, 15) is 4.79 Å². The molecule has 0 aliphatic heterocycles. The Bertz CT molecular complexity index is 317. The number of hydrogen-bond donors (Lipinski definition) is 1. The molecule has 13 heavy (non-hydrogen) atoms. The Hall–Kier alpha value is -1.39. The number of aryl methyl sites for hydroxylation is 1. The van der Waals surface area contributed by atoms with Crippen LogP contribution in [0.4, 0.5) is 0 Å². The molecule has 1 N–H and O–H groups in total. The Morgan fingerprint density at radius 1 is 1.62 bits per heavy atom. The zero-order chi connectivity index (χ0) is 10.0. The van der Waals surface area contributed by atoms with E-state index in [0.717, 1.165) is 5.82 Å². The molecular weight excluding hydrogens is 170 g/mol. The van der Waals surface area contributed by atoms with Crippen LogP contribution in [0.25, 0.3) is 0 Å². The summed E-state index contributed by atoms with van der Waals surface area (Å²) in [4.78, 5) is 14.5. The highest BCUT2D eigenvalue weighted by Crippen LogP contribution is 2.10. The summed E-state index contributed by atoms with van der Waals surface area (Å²) in [5.41, 5.74) is 0. The van der Waals surface area contributed by atoms with Gasteiger partial charge in [0.25, 0.3) is 0 Å². The van der Waals surface area contributed by atoms with E-state index in [2.05, 4.69) is 10.1 Å². The fourth-order valence-electron chi connectivity index (χ4n) is 1.16. The minimum atomic E-state index is -0.902. The van der Waals surface area contributed by atoms with Crippen LogP contribution in [0.2, 0.25) is 0 Å². The van der Waals surface area contributed by atoms with Gasteiger partial charge in [-0.05, 0) is 0 Å². The maximum atomic E-state index is 10.4. The summed E-state index contributed by atoms with van der Waals surface area (Å²) < 4.78 is 1.63.